The van der Waals surface area contributed by atoms with E-state index in [1.54, 1.807) is 18.2 Å². The molecule has 25 heavy (non-hydrogen) atoms. The average molecular weight is 345 g/mol. The Kier molecular flexibility index (Phi) is 3.72. The molecule has 0 bridgehead atoms. The number of aromatic hydroxyl groups is 2. The highest BCUT2D eigenvalue weighted by Crippen LogP contribution is 2.53. The molecule has 5 nitrogen and oxygen atoms in total. The lowest BCUT2D eigenvalue weighted by atomic mass is 9.76. The van der Waals surface area contributed by atoms with Crippen molar-refractivity contribution < 1.29 is 24.1 Å². The highest BCUT2D eigenvalue weighted by Gasteiger charge is 2.36. The van der Waals surface area contributed by atoms with Crippen molar-refractivity contribution in [3.05, 3.63) is 34.9 Å². The Balaban J connectivity index is 2.06. The number of methoxy groups -OCH3 is 1. The number of likely N-dealkylation sites (N-methyl/N-ethyl adjacent to an activating group) is 1. The fourth-order valence-corrected chi connectivity index (χ4v) is 4.09. The van der Waals surface area contributed by atoms with E-state index in [-0.39, 0.29) is 23.3 Å². The largest absolute Gasteiger partial charge is 0.504 e. The first-order valence-corrected chi connectivity index (χ1v) is 8.23. The molecule has 0 fully saturated rings. The van der Waals surface area contributed by atoms with Gasteiger partial charge in [0.05, 0.1) is 7.11 Å². The van der Waals surface area contributed by atoms with E-state index in [2.05, 4.69) is 4.90 Å². The van der Waals surface area contributed by atoms with E-state index < -0.39 is 6.86 Å². The summed E-state index contributed by atoms with van der Waals surface area (Å²) < 4.78 is 23.4. The third-order valence-corrected chi connectivity index (χ3v) is 5.27. The van der Waals surface area contributed by atoms with E-state index in [0.29, 0.717) is 11.3 Å². The molecular weight excluding hydrogens is 325 g/mol. The van der Waals surface area contributed by atoms with Crippen LogP contribution in [0.3, 0.4) is 0 Å². The van der Waals surface area contributed by atoms with Crippen molar-refractivity contribution in [2.24, 2.45) is 0 Å². The molecule has 1 aliphatic carbocycles. The average Bonchev–Trinajstić information content (AvgIpc) is 2.59. The van der Waals surface area contributed by atoms with Crippen LogP contribution >= 0.6 is 0 Å². The van der Waals surface area contributed by atoms with Crippen LogP contribution in [-0.4, -0.2) is 42.7 Å². The molecule has 0 saturated carbocycles. The molecule has 0 amide bonds. The first-order valence-electron chi connectivity index (χ1n) is 8.23. The van der Waals surface area contributed by atoms with Gasteiger partial charge in [-0.25, -0.2) is 4.39 Å². The molecule has 0 aromatic heterocycles. The second-order valence-corrected chi connectivity index (χ2v) is 6.56. The molecule has 6 heteroatoms. The van der Waals surface area contributed by atoms with Crippen molar-refractivity contribution in [3.63, 3.8) is 0 Å². The maximum atomic E-state index is 13.0. The first kappa shape index (κ1) is 16.0. The van der Waals surface area contributed by atoms with Gasteiger partial charge in [0.25, 0.3) is 0 Å². The topological polar surface area (TPSA) is 62.2 Å². The van der Waals surface area contributed by atoms with Gasteiger partial charge in [-0.05, 0) is 60.3 Å². The summed E-state index contributed by atoms with van der Waals surface area (Å²) in [6, 6.07) is 5.20. The number of alkyl halides is 1. The van der Waals surface area contributed by atoms with Gasteiger partial charge < -0.3 is 19.7 Å². The number of nitrogens with zero attached hydrogens (tertiary/aromatic N) is 1. The summed E-state index contributed by atoms with van der Waals surface area (Å²) in [6.07, 6.45) is 1.53. The van der Waals surface area contributed by atoms with Crippen molar-refractivity contribution in [1.82, 2.24) is 4.90 Å². The number of phenolic OH excluding ortho intramolecular Hbond substituents is 2. The lowest BCUT2D eigenvalue weighted by Gasteiger charge is -2.40. The van der Waals surface area contributed by atoms with Crippen molar-refractivity contribution in [1.29, 1.82) is 0 Å². The van der Waals surface area contributed by atoms with Crippen LogP contribution in [0.5, 0.6) is 23.0 Å². The fourth-order valence-electron chi connectivity index (χ4n) is 4.09. The molecule has 1 unspecified atom stereocenters. The number of benzene rings is 2. The van der Waals surface area contributed by atoms with E-state index >= 15 is 0 Å². The normalized spacial score (nSPS) is 18.4. The SMILES string of the molecule is COc1cc2c(cc1O)CC1c3c(cc(O)c(OCF)c3-2)CCN1C. The Labute approximate surface area is 145 Å². The van der Waals surface area contributed by atoms with Crippen LogP contribution in [0.15, 0.2) is 18.2 Å². The first-order chi connectivity index (χ1) is 12.0. The molecule has 0 saturated heterocycles. The second kappa shape index (κ2) is 5.81. The standard InChI is InChI=1S/C19H20FNO4/c1-21-4-3-10-6-15(23)19(25-9-20)18-12-8-16(24-2)14(22)7-11(12)5-13(21)17(10)18/h6-8,13,22-23H,3-5,9H2,1-2H3. The monoisotopic (exact) mass is 345 g/mol. The molecule has 1 aliphatic heterocycles. The van der Waals surface area contributed by atoms with Crippen LogP contribution in [0.4, 0.5) is 4.39 Å². The summed E-state index contributed by atoms with van der Waals surface area (Å²) in [5.74, 6) is 0.492. The molecule has 2 N–H and O–H groups in total. The van der Waals surface area contributed by atoms with E-state index in [1.807, 2.05) is 7.05 Å². The third kappa shape index (κ3) is 2.32. The molecule has 132 valence electrons. The van der Waals surface area contributed by atoms with Crippen LogP contribution in [0, 0.1) is 0 Å². The maximum absolute atomic E-state index is 13.0. The molecule has 2 aromatic carbocycles. The van der Waals surface area contributed by atoms with Crippen molar-refractivity contribution >= 4 is 0 Å². The van der Waals surface area contributed by atoms with Gasteiger partial charge in [-0.3, -0.25) is 4.90 Å². The molecule has 4 rings (SSSR count). The quantitative estimate of drug-likeness (QED) is 0.895. The van der Waals surface area contributed by atoms with E-state index in [9.17, 15) is 14.6 Å². The molecule has 2 aromatic rings. The van der Waals surface area contributed by atoms with E-state index in [1.165, 1.54) is 7.11 Å². The van der Waals surface area contributed by atoms with Crippen LogP contribution in [0.2, 0.25) is 0 Å². The highest BCUT2D eigenvalue weighted by molar-refractivity contribution is 5.84. The van der Waals surface area contributed by atoms with Gasteiger partial charge >= 0.3 is 0 Å². The predicted molar refractivity (Wildman–Crippen MR) is 91.1 cm³/mol. The number of hydrogen-bond acceptors (Lipinski definition) is 5. The van der Waals surface area contributed by atoms with Crippen LogP contribution in [0.1, 0.15) is 22.7 Å². The number of phenols is 2. The van der Waals surface area contributed by atoms with Crippen molar-refractivity contribution in [2.75, 3.05) is 27.6 Å². The van der Waals surface area contributed by atoms with Crippen molar-refractivity contribution in [3.8, 4) is 34.1 Å². The number of hydrogen-bond donors (Lipinski definition) is 2. The fraction of sp³-hybridized carbons (Fsp3) is 0.368. The van der Waals surface area contributed by atoms with Crippen LogP contribution in [0.25, 0.3) is 11.1 Å². The Morgan fingerprint density at radius 3 is 2.68 bits per heavy atom. The third-order valence-electron chi connectivity index (χ3n) is 5.27. The highest BCUT2D eigenvalue weighted by atomic mass is 19.1. The van der Waals surface area contributed by atoms with Crippen molar-refractivity contribution in [2.45, 2.75) is 18.9 Å². The van der Waals surface area contributed by atoms with E-state index in [0.717, 1.165) is 41.6 Å². The predicted octanol–water partition coefficient (Wildman–Crippen LogP) is 3.16. The summed E-state index contributed by atoms with van der Waals surface area (Å²) in [5, 5.41) is 20.6. The minimum Gasteiger partial charge on any atom is -0.504 e. The molecule has 0 spiro atoms. The molecular formula is C19H20FNO4. The molecule has 0 radical (unpaired) electrons. The minimum absolute atomic E-state index is 0.0606. The van der Waals surface area contributed by atoms with Gasteiger partial charge in [0.2, 0.25) is 6.86 Å². The van der Waals surface area contributed by atoms with E-state index in [4.69, 9.17) is 9.47 Å². The Morgan fingerprint density at radius 2 is 1.96 bits per heavy atom. The molecule has 2 aliphatic rings. The number of rotatable bonds is 3. The van der Waals surface area contributed by atoms with Gasteiger partial charge in [-0.15, -0.1) is 0 Å². The zero-order valence-electron chi connectivity index (χ0n) is 14.2. The summed E-state index contributed by atoms with van der Waals surface area (Å²) in [5.41, 5.74) is 4.54. The summed E-state index contributed by atoms with van der Waals surface area (Å²) >= 11 is 0. The lowest BCUT2D eigenvalue weighted by molar-refractivity contribution is 0.183. The number of fused-ring (bicyclic) bond motifs is 2. The van der Waals surface area contributed by atoms with Crippen LogP contribution in [-0.2, 0) is 12.8 Å². The number of halogens is 1. The zero-order chi connectivity index (χ0) is 17.7. The zero-order valence-corrected chi connectivity index (χ0v) is 14.2. The number of ether oxygens (including phenoxy) is 2. The summed E-state index contributed by atoms with van der Waals surface area (Å²) in [4.78, 5) is 2.24. The van der Waals surface area contributed by atoms with Gasteiger partial charge in [0.15, 0.2) is 23.0 Å². The van der Waals surface area contributed by atoms with Gasteiger partial charge in [-0.1, -0.05) is 0 Å². The summed E-state index contributed by atoms with van der Waals surface area (Å²) in [7, 11) is 3.53. The maximum Gasteiger partial charge on any atom is 0.228 e. The smallest absolute Gasteiger partial charge is 0.228 e. The minimum atomic E-state index is -1.02. The Morgan fingerprint density at radius 1 is 1.20 bits per heavy atom. The van der Waals surface area contributed by atoms with Gasteiger partial charge in [0.1, 0.15) is 0 Å². The lowest BCUT2D eigenvalue weighted by Crippen LogP contribution is -2.35. The van der Waals surface area contributed by atoms with Crippen LogP contribution < -0.4 is 9.47 Å². The summed E-state index contributed by atoms with van der Waals surface area (Å²) in [6.45, 7) is -0.151. The molecule has 1 atom stereocenters. The second-order valence-electron chi connectivity index (χ2n) is 6.56. The van der Waals surface area contributed by atoms with Gasteiger partial charge in [-0.2, -0.15) is 0 Å². The molecule has 1 heterocycles. The Hall–Kier alpha value is -2.47. The van der Waals surface area contributed by atoms with Gasteiger partial charge in [0, 0.05) is 18.2 Å². The Bertz CT molecular complexity index is 852.